The highest BCUT2D eigenvalue weighted by atomic mass is 15.4. The first-order chi connectivity index (χ1) is 4.70. The molecule has 0 aliphatic carbocycles. The van der Waals surface area contributed by atoms with Gasteiger partial charge in [-0.25, -0.2) is 0 Å². The van der Waals surface area contributed by atoms with Gasteiger partial charge < -0.3 is 11.5 Å². The van der Waals surface area contributed by atoms with Gasteiger partial charge in [-0.3, -0.25) is 20.8 Å². The number of nitrogens with zero attached hydrogens (tertiary/aromatic N) is 2. The molecule has 0 unspecified atom stereocenters. The number of nitrogens with two attached hydrogens (primary N) is 2. The zero-order valence-electron chi connectivity index (χ0n) is 6.05. The summed E-state index contributed by atoms with van der Waals surface area (Å²) in [5.41, 5.74) is 15.5. The molecule has 0 aliphatic rings. The SMILES string of the molecule is CN=C(N)NNC(N)=NC. The summed E-state index contributed by atoms with van der Waals surface area (Å²) in [5.74, 6) is 0.512. The molecule has 0 heterocycles. The van der Waals surface area contributed by atoms with Crippen LogP contribution in [0.15, 0.2) is 9.98 Å². The minimum Gasteiger partial charge on any atom is -0.369 e. The Hall–Kier alpha value is -1.46. The summed E-state index contributed by atoms with van der Waals surface area (Å²) < 4.78 is 0. The van der Waals surface area contributed by atoms with Crippen LogP contribution in [0.3, 0.4) is 0 Å². The molecule has 0 amide bonds. The van der Waals surface area contributed by atoms with Crippen molar-refractivity contribution in [1.29, 1.82) is 0 Å². The first-order valence-corrected chi connectivity index (χ1v) is 2.67. The Balaban J connectivity index is 3.56. The second-order valence-electron chi connectivity index (χ2n) is 1.47. The van der Waals surface area contributed by atoms with Crippen molar-refractivity contribution in [2.45, 2.75) is 0 Å². The van der Waals surface area contributed by atoms with E-state index in [1.807, 2.05) is 0 Å². The van der Waals surface area contributed by atoms with Gasteiger partial charge in [-0.05, 0) is 0 Å². The van der Waals surface area contributed by atoms with Crippen LogP contribution in [-0.2, 0) is 0 Å². The fourth-order valence-corrected chi connectivity index (χ4v) is 0.240. The molecule has 0 fully saturated rings. The Kier molecular flexibility index (Phi) is 3.78. The number of hydrazine groups is 1. The molecule has 0 saturated heterocycles. The molecular formula is C4H12N6. The maximum Gasteiger partial charge on any atom is 0.207 e. The summed E-state index contributed by atoms with van der Waals surface area (Å²) >= 11 is 0. The Morgan fingerprint density at radius 2 is 1.30 bits per heavy atom. The predicted molar refractivity (Wildman–Crippen MR) is 41.4 cm³/mol. The van der Waals surface area contributed by atoms with E-state index in [2.05, 4.69) is 20.8 Å². The van der Waals surface area contributed by atoms with E-state index in [9.17, 15) is 0 Å². The van der Waals surface area contributed by atoms with Gasteiger partial charge in [0, 0.05) is 14.1 Å². The summed E-state index contributed by atoms with van der Waals surface area (Å²) in [6, 6.07) is 0. The highest BCUT2D eigenvalue weighted by Crippen LogP contribution is 1.55. The van der Waals surface area contributed by atoms with Crippen molar-refractivity contribution in [1.82, 2.24) is 10.9 Å². The van der Waals surface area contributed by atoms with Gasteiger partial charge >= 0.3 is 0 Å². The maximum absolute atomic E-state index is 5.24. The molecule has 0 atom stereocenters. The molecule has 0 spiro atoms. The quantitative estimate of drug-likeness (QED) is 0.179. The monoisotopic (exact) mass is 144 g/mol. The molecule has 0 saturated carbocycles. The van der Waals surface area contributed by atoms with Crippen LogP contribution in [0.1, 0.15) is 0 Å². The number of aliphatic imine (C=N–C) groups is 2. The number of guanidine groups is 2. The lowest BCUT2D eigenvalue weighted by atomic mass is 11.0. The van der Waals surface area contributed by atoms with Crippen LogP contribution in [0.4, 0.5) is 0 Å². The van der Waals surface area contributed by atoms with Gasteiger partial charge in [-0.15, -0.1) is 0 Å². The van der Waals surface area contributed by atoms with E-state index >= 15 is 0 Å². The summed E-state index contributed by atoms with van der Waals surface area (Å²) in [6.45, 7) is 0. The Bertz CT molecular complexity index is 130. The van der Waals surface area contributed by atoms with Gasteiger partial charge in [0.1, 0.15) is 0 Å². The topological polar surface area (TPSA) is 101 Å². The molecule has 0 aromatic heterocycles. The highest BCUT2D eigenvalue weighted by Gasteiger charge is 1.87. The van der Waals surface area contributed by atoms with Gasteiger partial charge in [0.15, 0.2) is 0 Å². The second kappa shape index (κ2) is 4.42. The second-order valence-corrected chi connectivity index (χ2v) is 1.47. The molecule has 0 aromatic carbocycles. The number of hydrogen-bond acceptors (Lipinski definition) is 2. The minimum absolute atomic E-state index is 0.256. The van der Waals surface area contributed by atoms with Crippen LogP contribution in [0.25, 0.3) is 0 Å². The van der Waals surface area contributed by atoms with Crippen LogP contribution in [0, 0.1) is 0 Å². The number of nitrogens with one attached hydrogen (secondary N) is 2. The Labute approximate surface area is 59.4 Å². The molecule has 0 radical (unpaired) electrons. The third-order valence-corrected chi connectivity index (χ3v) is 0.800. The van der Waals surface area contributed by atoms with Crippen molar-refractivity contribution < 1.29 is 0 Å². The van der Waals surface area contributed by atoms with Gasteiger partial charge in [0.05, 0.1) is 0 Å². The molecule has 0 aromatic rings. The summed E-state index contributed by atoms with van der Waals surface area (Å²) in [7, 11) is 3.12. The molecule has 0 bridgehead atoms. The lowest BCUT2D eigenvalue weighted by molar-refractivity contribution is 0.840. The molecule has 6 heteroatoms. The van der Waals surface area contributed by atoms with E-state index in [4.69, 9.17) is 11.5 Å². The van der Waals surface area contributed by atoms with E-state index in [1.54, 1.807) is 14.1 Å². The Morgan fingerprint density at radius 1 is 1.00 bits per heavy atom. The molecule has 6 nitrogen and oxygen atoms in total. The van der Waals surface area contributed by atoms with Crippen LogP contribution >= 0.6 is 0 Å². The van der Waals surface area contributed by atoms with Crippen LogP contribution in [0.5, 0.6) is 0 Å². The van der Waals surface area contributed by atoms with E-state index < -0.39 is 0 Å². The highest BCUT2D eigenvalue weighted by molar-refractivity contribution is 5.83. The summed E-state index contributed by atoms with van der Waals surface area (Å²) in [6.07, 6.45) is 0. The zero-order chi connectivity index (χ0) is 7.98. The fourth-order valence-electron chi connectivity index (χ4n) is 0.240. The smallest absolute Gasteiger partial charge is 0.207 e. The van der Waals surface area contributed by atoms with Crippen LogP contribution < -0.4 is 22.3 Å². The molecule has 10 heavy (non-hydrogen) atoms. The van der Waals surface area contributed by atoms with Crippen LogP contribution in [0.2, 0.25) is 0 Å². The standard InChI is InChI=1S/C4H12N6/c1-7-3(5)9-10-4(6)8-2/h1-2H3,(H3,5,7,9)(H3,6,8,10). The normalized spacial score (nSPS) is 13.0. The Morgan fingerprint density at radius 3 is 1.50 bits per heavy atom. The summed E-state index contributed by atoms with van der Waals surface area (Å²) in [5, 5.41) is 0. The molecule has 58 valence electrons. The maximum atomic E-state index is 5.24. The first-order valence-electron chi connectivity index (χ1n) is 2.67. The molecule has 0 aliphatic heterocycles. The van der Waals surface area contributed by atoms with Crippen LogP contribution in [-0.4, -0.2) is 26.0 Å². The predicted octanol–water partition coefficient (Wildman–Crippen LogP) is -2.03. The van der Waals surface area contributed by atoms with Gasteiger partial charge in [-0.1, -0.05) is 0 Å². The average Bonchev–Trinajstić information content (AvgIpc) is 1.99. The van der Waals surface area contributed by atoms with Gasteiger partial charge in [0.2, 0.25) is 11.9 Å². The summed E-state index contributed by atoms with van der Waals surface area (Å²) in [4.78, 5) is 7.21. The number of rotatable bonds is 0. The first kappa shape index (κ1) is 8.54. The van der Waals surface area contributed by atoms with Crippen molar-refractivity contribution in [3.63, 3.8) is 0 Å². The fraction of sp³-hybridized carbons (Fsp3) is 0.500. The lowest BCUT2D eigenvalue weighted by Gasteiger charge is -2.05. The number of hydrogen-bond donors (Lipinski definition) is 4. The molecule has 0 rings (SSSR count). The van der Waals surface area contributed by atoms with Crippen molar-refractivity contribution in [2.24, 2.45) is 21.5 Å². The third kappa shape index (κ3) is 3.53. The average molecular weight is 144 g/mol. The van der Waals surface area contributed by atoms with Crippen molar-refractivity contribution >= 4 is 11.9 Å². The van der Waals surface area contributed by atoms with E-state index in [-0.39, 0.29) is 11.9 Å². The van der Waals surface area contributed by atoms with Gasteiger partial charge in [-0.2, -0.15) is 0 Å². The lowest BCUT2D eigenvalue weighted by Crippen LogP contribution is -2.48. The molecular weight excluding hydrogens is 132 g/mol. The third-order valence-electron chi connectivity index (χ3n) is 0.800. The van der Waals surface area contributed by atoms with E-state index in [1.165, 1.54) is 0 Å². The van der Waals surface area contributed by atoms with E-state index in [0.29, 0.717) is 0 Å². The zero-order valence-corrected chi connectivity index (χ0v) is 6.05. The van der Waals surface area contributed by atoms with Crippen molar-refractivity contribution in [2.75, 3.05) is 14.1 Å². The van der Waals surface area contributed by atoms with Gasteiger partial charge in [0.25, 0.3) is 0 Å². The minimum atomic E-state index is 0.256. The molecule has 6 N–H and O–H groups in total. The van der Waals surface area contributed by atoms with Crippen molar-refractivity contribution in [3.05, 3.63) is 0 Å². The van der Waals surface area contributed by atoms with Crippen molar-refractivity contribution in [3.8, 4) is 0 Å². The van der Waals surface area contributed by atoms with E-state index in [0.717, 1.165) is 0 Å². The largest absolute Gasteiger partial charge is 0.369 e.